The maximum atomic E-state index is 12.6. The lowest BCUT2D eigenvalue weighted by Gasteiger charge is -2.09. The fourth-order valence-electron chi connectivity index (χ4n) is 2.42. The summed E-state index contributed by atoms with van der Waals surface area (Å²) < 4.78 is 7.87. The number of nitrogens with zero attached hydrogens (tertiary/aromatic N) is 2. The van der Waals surface area contributed by atoms with E-state index in [1.165, 1.54) is 0 Å². The lowest BCUT2D eigenvalue weighted by atomic mass is 10.2. The first-order valence-corrected chi connectivity index (χ1v) is 8.46. The minimum absolute atomic E-state index is 0.242. The molecule has 0 aliphatic rings. The fourth-order valence-corrected chi connectivity index (χ4v) is 3.09. The number of anilines is 1. The van der Waals surface area contributed by atoms with Gasteiger partial charge in [0, 0.05) is 11.1 Å². The Hall–Kier alpha value is -2.05. The average Bonchev–Trinajstić information content (AvgIpc) is 3.06. The van der Waals surface area contributed by atoms with Crippen LogP contribution < -0.4 is 5.32 Å². The highest BCUT2D eigenvalue weighted by molar-refractivity contribution is 9.10. The molecule has 3 aromatic rings. The van der Waals surface area contributed by atoms with Crippen LogP contribution in [0.5, 0.6) is 0 Å². The predicted octanol–water partition coefficient (Wildman–Crippen LogP) is 4.81. The molecule has 1 aromatic carbocycles. The van der Waals surface area contributed by atoms with Crippen molar-refractivity contribution in [3.05, 3.63) is 68.7 Å². The molecule has 24 heavy (non-hydrogen) atoms. The summed E-state index contributed by atoms with van der Waals surface area (Å²) in [7, 11) is 0. The van der Waals surface area contributed by atoms with E-state index in [9.17, 15) is 4.79 Å². The van der Waals surface area contributed by atoms with Crippen molar-refractivity contribution in [2.75, 3.05) is 5.32 Å². The van der Waals surface area contributed by atoms with E-state index >= 15 is 0 Å². The molecule has 124 valence electrons. The number of carbonyl (C=O) groups is 1. The van der Waals surface area contributed by atoms with E-state index in [4.69, 9.17) is 16.0 Å². The van der Waals surface area contributed by atoms with Crippen LogP contribution in [0.2, 0.25) is 5.02 Å². The highest BCUT2D eigenvalue weighted by Gasteiger charge is 2.20. The van der Waals surface area contributed by atoms with E-state index in [0.717, 1.165) is 5.56 Å². The summed E-state index contributed by atoms with van der Waals surface area (Å²) in [6, 6.07) is 9.26. The van der Waals surface area contributed by atoms with Crippen LogP contribution in [0.1, 0.15) is 27.4 Å². The van der Waals surface area contributed by atoms with Crippen LogP contribution in [0.4, 0.5) is 5.82 Å². The minimum atomic E-state index is -0.242. The van der Waals surface area contributed by atoms with Crippen molar-refractivity contribution in [3.63, 3.8) is 0 Å². The molecule has 3 rings (SSSR count). The van der Waals surface area contributed by atoms with Crippen LogP contribution in [0.25, 0.3) is 0 Å². The Kier molecular flexibility index (Phi) is 4.78. The average molecular weight is 409 g/mol. The molecule has 2 aromatic heterocycles. The van der Waals surface area contributed by atoms with Gasteiger partial charge in [-0.2, -0.15) is 5.10 Å². The Morgan fingerprint density at radius 3 is 2.58 bits per heavy atom. The van der Waals surface area contributed by atoms with Crippen LogP contribution in [-0.2, 0) is 6.54 Å². The van der Waals surface area contributed by atoms with E-state index < -0.39 is 0 Å². The highest BCUT2D eigenvalue weighted by atomic mass is 79.9. The molecule has 0 spiro atoms. The summed E-state index contributed by atoms with van der Waals surface area (Å²) >= 11 is 9.30. The van der Waals surface area contributed by atoms with Crippen molar-refractivity contribution >= 4 is 39.3 Å². The third-order valence-corrected chi connectivity index (χ3v) is 4.82. The molecule has 0 fully saturated rings. The Labute approximate surface area is 152 Å². The zero-order chi connectivity index (χ0) is 17.3. The van der Waals surface area contributed by atoms with Gasteiger partial charge in [0.05, 0.1) is 22.8 Å². The van der Waals surface area contributed by atoms with Crippen molar-refractivity contribution in [1.82, 2.24) is 9.78 Å². The maximum Gasteiger partial charge on any atom is 0.261 e. The number of carbonyl (C=O) groups excluding carboxylic acids is 1. The molecular weight excluding hydrogens is 394 g/mol. The second-order valence-electron chi connectivity index (χ2n) is 5.36. The molecule has 5 nitrogen and oxygen atoms in total. The van der Waals surface area contributed by atoms with Crippen molar-refractivity contribution in [2.45, 2.75) is 20.4 Å². The van der Waals surface area contributed by atoms with Gasteiger partial charge in [-0.05, 0) is 47.5 Å². The number of furan rings is 1. The van der Waals surface area contributed by atoms with E-state index in [1.807, 2.05) is 24.3 Å². The van der Waals surface area contributed by atoms with Gasteiger partial charge in [0.2, 0.25) is 0 Å². The normalized spacial score (nSPS) is 10.8. The summed E-state index contributed by atoms with van der Waals surface area (Å²) in [6.45, 7) is 4.10. The number of aryl methyl sites for hydroxylation is 2. The van der Waals surface area contributed by atoms with Gasteiger partial charge >= 0.3 is 0 Å². The minimum Gasteiger partial charge on any atom is -0.465 e. The number of hydrogen-bond acceptors (Lipinski definition) is 3. The first kappa shape index (κ1) is 16.8. The SMILES string of the molecule is Cc1oc(C)c(C(=O)Nc2ccnn2Cc2ccc(Cl)cc2)c1Br. The Bertz CT molecular complexity index is 884. The zero-order valence-corrected chi connectivity index (χ0v) is 15.5. The van der Waals surface area contributed by atoms with Crippen LogP contribution in [0.3, 0.4) is 0 Å². The molecule has 0 aliphatic carbocycles. The van der Waals surface area contributed by atoms with E-state index in [2.05, 4.69) is 26.3 Å². The third-order valence-electron chi connectivity index (χ3n) is 3.62. The summed E-state index contributed by atoms with van der Waals surface area (Å²) in [6.07, 6.45) is 1.65. The highest BCUT2D eigenvalue weighted by Crippen LogP contribution is 2.28. The van der Waals surface area contributed by atoms with Crippen LogP contribution >= 0.6 is 27.5 Å². The summed E-state index contributed by atoms with van der Waals surface area (Å²) in [5.74, 6) is 1.61. The zero-order valence-electron chi connectivity index (χ0n) is 13.1. The number of halogens is 2. The number of aromatic nitrogens is 2. The second-order valence-corrected chi connectivity index (χ2v) is 6.59. The second kappa shape index (κ2) is 6.83. The van der Waals surface area contributed by atoms with Gasteiger partial charge in [-0.3, -0.25) is 4.79 Å². The molecule has 1 amide bonds. The lowest BCUT2D eigenvalue weighted by Crippen LogP contribution is -2.17. The van der Waals surface area contributed by atoms with E-state index in [-0.39, 0.29) is 5.91 Å². The monoisotopic (exact) mass is 407 g/mol. The van der Waals surface area contributed by atoms with E-state index in [0.29, 0.717) is 38.9 Å². The summed E-state index contributed by atoms with van der Waals surface area (Å²) in [5.41, 5.74) is 1.53. The van der Waals surface area contributed by atoms with Gasteiger partial charge < -0.3 is 9.73 Å². The molecular formula is C17H15BrClN3O2. The molecule has 0 radical (unpaired) electrons. The molecule has 0 bridgehead atoms. The standard InChI is InChI=1S/C17H15BrClN3O2/c1-10-15(16(18)11(2)24-10)17(23)21-14-7-8-20-22(14)9-12-3-5-13(19)6-4-12/h3-8H,9H2,1-2H3,(H,21,23). The fraction of sp³-hybridized carbons (Fsp3) is 0.176. The number of nitrogens with one attached hydrogen (secondary N) is 1. The first-order valence-electron chi connectivity index (χ1n) is 7.29. The largest absolute Gasteiger partial charge is 0.465 e. The lowest BCUT2D eigenvalue weighted by molar-refractivity contribution is 0.102. The van der Waals surface area contributed by atoms with Gasteiger partial charge in [-0.15, -0.1) is 0 Å². The van der Waals surface area contributed by atoms with Crippen molar-refractivity contribution in [1.29, 1.82) is 0 Å². The van der Waals surface area contributed by atoms with Gasteiger partial charge in [0.15, 0.2) is 0 Å². The molecule has 0 aliphatic heterocycles. The molecule has 7 heteroatoms. The summed E-state index contributed by atoms with van der Waals surface area (Å²) in [4.78, 5) is 12.6. The van der Waals surface area contributed by atoms with Gasteiger partial charge in [0.1, 0.15) is 17.3 Å². The Morgan fingerprint density at radius 2 is 1.96 bits per heavy atom. The Balaban J connectivity index is 1.80. The molecule has 2 heterocycles. The van der Waals surface area contributed by atoms with Gasteiger partial charge in [-0.25, -0.2) is 4.68 Å². The maximum absolute atomic E-state index is 12.6. The van der Waals surface area contributed by atoms with Crippen molar-refractivity contribution in [2.24, 2.45) is 0 Å². The van der Waals surface area contributed by atoms with Crippen molar-refractivity contribution < 1.29 is 9.21 Å². The van der Waals surface area contributed by atoms with Crippen molar-refractivity contribution in [3.8, 4) is 0 Å². The topological polar surface area (TPSA) is 60.1 Å². The van der Waals surface area contributed by atoms with Gasteiger partial charge in [0.25, 0.3) is 5.91 Å². The number of rotatable bonds is 4. The molecule has 0 saturated heterocycles. The van der Waals surface area contributed by atoms with Crippen LogP contribution in [0, 0.1) is 13.8 Å². The molecule has 1 N–H and O–H groups in total. The van der Waals surface area contributed by atoms with Crippen LogP contribution in [0.15, 0.2) is 45.4 Å². The number of benzene rings is 1. The van der Waals surface area contributed by atoms with E-state index in [1.54, 1.807) is 30.8 Å². The quantitative estimate of drug-likeness (QED) is 0.674. The molecule has 0 unspecified atom stereocenters. The first-order chi connectivity index (χ1) is 11.5. The smallest absolute Gasteiger partial charge is 0.261 e. The molecule has 0 atom stereocenters. The summed E-state index contributed by atoms with van der Waals surface area (Å²) in [5, 5.41) is 7.83. The predicted molar refractivity (Wildman–Crippen MR) is 96.6 cm³/mol. The number of hydrogen-bond donors (Lipinski definition) is 1. The Morgan fingerprint density at radius 1 is 1.25 bits per heavy atom. The number of amides is 1. The third kappa shape index (κ3) is 3.39. The molecule has 0 saturated carbocycles. The van der Waals surface area contributed by atoms with Crippen LogP contribution in [-0.4, -0.2) is 15.7 Å². The van der Waals surface area contributed by atoms with Gasteiger partial charge in [-0.1, -0.05) is 23.7 Å².